The highest BCUT2D eigenvalue weighted by Crippen LogP contribution is 2.33. The molecule has 0 atom stereocenters. The Morgan fingerprint density at radius 2 is 1.93 bits per heavy atom. The fourth-order valence-corrected chi connectivity index (χ4v) is 3.64. The zero-order chi connectivity index (χ0) is 19.7. The van der Waals surface area contributed by atoms with E-state index in [2.05, 4.69) is 21.6 Å². The van der Waals surface area contributed by atoms with Crippen LogP contribution >= 0.6 is 0 Å². The highest BCUT2D eigenvalue weighted by atomic mass is 16.5. The van der Waals surface area contributed by atoms with E-state index in [-0.39, 0.29) is 11.6 Å². The molecule has 1 aromatic rings. The smallest absolute Gasteiger partial charge is 0.315 e. The summed E-state index contributed by atoms with van der Waals surface area (Å²) in [6, 6.07) is 5.86. The first-order valence-electron chi connectivity index (χ1n) is 9.54. The van der Waals surface area contributed by atoms with E-state index in [0.29, 0.717) is 13.2 Å². The highest BCUT2D eigenvalue weighted by molar-refractivity contribution is 5.74. The molecule has 2 rings (SSSR count). The molecule has 0 bridgehead atoms. The molecule has 1 aromatic carbocycles. The number of hydrogen-bond acceptors (Lipinski definition) is 5. The van der Waals surface area contributed by atoms with Gasteiger partial charge >= 0.3 is 6.03 Å². The van der Waals surface area contributed by atoms with Crippen molar-refractivity contribution in [3.8, 4) is 11.5 Å². The van der Waals surface area contributed by atoms with Crippen molar-refractivity contribution in [2.24, 2.45) is 0 Å². The topological polar surface area (TPSA) is 72.1 Å². The van der Waals surface area contributed by atoms with Gasteiger partial charge in [0, 0.05) is 51.0 Å². The molecular formula is C20H33N3O4. The first-order valence-corrected chi connectivity index (χ1v) is 9.54. The van der Waals surface area contributed by atoms with E-state index in [1.165, 1.54) is 0 Å². The van der Waals surface area contributed by atoms with Crippen LogP contribution in [0, 0.1) is 0 Å². The molecule has 2 N–H and O–H groups in total. The van der Waals surface area contributed by atoms with Gasteiger partial charge in [-0.3, -0.25) is 4.90 Å². The van der Waals surface area contributed by atoms with Gasteiger partial charge in [-0.2, -0.15) is 0 Å². The number of nitrogens with one attached hydrogen (secondary N) is 2. The molecule has 0 aliphatic carbocycles. The molecule has 0 spiro atoms. The van der Waals surface area contributed by atoms with E-state index in [9.17, 15) is 4.79 Å². The summed E-state index contributed by atoms with van der Waals surface area (Å²) in [7, 11) is 5.02. The summed E-state index contributed by atoms with van der Waals surface area (Å²) in [4.78, 5) is 14.5. The van der Waals surface area contributed by atoms with Crippen LogP contribution in [0.1, 0.15) is 31.7 Å². The number of carbonyl (C=O) groups excluding carboxylic acids is 1. The van der Waals surface area contributed by atoms with Gasteiger partial charge in [0.2, 0.25) is 0 Å². The molecule has 1 fully saturated rings. The standard InChI is InChI=1S/C20H33N3O4/c1-5-21-19(24)22-20(11-14-25-2)9-12-23(13-10-20)15-16-7-6-8-17(26-3)18(16)27-4/h6-8H,5,9-15H2,1-4H3,(H2,21,22,24). The number of nitrogens with zero attached hydrogens (tertiary/aromatic N) is 1. The molecule has 1 heterocycles. The van der Waals surface area contributed by atoms with Crippen LogP contribution in [0.5, 0.6) is 11.5 Å². The number of hydrogen-bond donors (Lipinski definition) is 2. The second kappa shape index (κ2) is 10.4. The molecule has 1 saturated heterocycles. The predicted octanol–water partition coefficient (Wildman–Crippen LogP) is 2.39. The Kier molecular flexibility index (Phi) is 8.19. The van der Waals surface area contributed by atoms with Crippen LogP contribution in [0.4, 0.5) is 4.79 Å². The first-order chi connectivity index (χ1) is 13.1. The molecule has 152 valence electrons. The summed E-state index contributed by atoms with van der Waals surface area (Å²) in [6.07, 6.45) is 2.59. The normalized spacial score (nSPS) is 16.6. The van der Waals surface area contributed by atoms with Crippen molar-refractivity contribution in [1.82, 2.24) is 15.5 Å². The number of amides is 2. The minimum Gasteiger partial charge on any atom is -0.493 e. The van der Waals surface area contributed by atoms with Gasteiger partial charge in [-0.25, -0.2) is 4.79 Å². The van der Waals surface area contributed by atoms with Crippen LogP contribution in [-0.4, -0.2) is 64.0 Å². The van der Waals surface area contributed by atoms with Crippen LogP contribution in [0.25, 0.3) is 0 Å². The number of para-hydroxylation sites is 1. The van der Waals surface area contributed by atoms with Crippen LogP contribution in [-0.2, 0) is 11.3 Å². The summed E-state index contributed by atoms with van der Waals surface area (Å²) >= 11 is 0. The first kappa shape index (κ1) is 21.3. The number of methoxy groups -OCH3 is 3. The van der Waals surface area contributed by atoms with E-state index in [1.807, 2.05) is 19.1 Å². The number of rotatable bonds is 9. The Morgan fingerprint density at radius 3 is 2.52 bits per heavy atom. The van der Waals surface area contributed by atoms with Crippen molar-refractivity contribution >= 4 is 6.03 Å². The average Bonchev–Trinajstić information content (AvgIpc) is 2.68. The van der Waals surface area contributed by atoms with Crippen LogP contribution in [0.3, 0.4) is 0 Å². The van der Waals surface area contributed by atoms with Crippen molar-refractivity contribution in [2.45, 2.75) is 38.3 Å². The lowest BCUT2D eigenvalue weighted by atomic mass is 9.84. The van der Waals surface area contributed by atoms with Gasteiger partial charge < -0.3 is 24.8 Å². The molecule has 1 aliphatic rings. The van der Waals surface area contributed by atoms with E-state index in [1.54, 1.807) is 21.3 Å². The SMILES string of the molecule is CCNC(=O)NC1(CCOC)CCN(Cc2cccc(OC)c2OC)CC1. The second-order valence-corrected chi connectivity index (χ2v) is 6.94. The number of ether oxygens (including phenoxy) is 3. The Morgan fingerprint density at radius 1 is 1.19 bits per heavy atom. The van der Waals surface area contributed by atoms with Crippen LogP contribution in [0.15, 0.2) is 18.2 Å². The number of likely N-dealkylation sites (tertiary alicyclic amines) is 1. The molecule has 0 radical (unpaired) electrons. The lowest BCUT2D eigenvalue weighted by molar-refractivity contribution is 0.0945. The molecule has 0 unspecified atom stereocenters. The third-order valence-corrected chi connectivity index (χ3v) is 5.19. The van der Waals surface area contributed by atoms with Crippen molar-refractivity contribution < 1.29 is 19.0 Å². The van der Waals surface area contributed by atoms with Gasteiger partial charge in [0.05, 0.1) is 14.2 Å². The molecule has 27 heavy (non-hydrogen) atoms. The van der Waals surface area contributed by atoms with Gasteiger partial charge in [0.1, 0.15) is 0 Å². The van der Waals surface area contributed by atoms with Gasteiger partial charge in [0.25, 0.3) is 0 Å². The van der Waals surface area contributed by atoms with E-state index < -0.39 is 0 Å². The molecule has 7 heteroatoms. The Bertz CT molecular complexity index is 601. The van der Waals surface area contributed by atoms with Gasteiger partial charge in [-0.05, 0) is 32.3 Å². The Labute approximate surface area is 162 Å². The molecule has 0 saturated carbocycles. The number of urea groups is 1. The Balaban J connectivity index is 2.02. The quantitative estimate of drug-likeness (QED) is 0.689. The van der Waals surface area contributed by atoms with Crippen molar-refractivity contribution in [2.75, 3.05) is 47.6 Å². The van der Waals surface area contributed by atoms with Crippen molar-refractivity contribution in [3.63, 3.8) is 0 Å². The number of carbonyl (C=O) groups is 1. The lowest BCUT2D eigenvalue weighted by Crippen LogP contribution is -2.57. The summed E-state index contributed by atoms with van der Waals surface area (Å²) in [5.74, 6) is 1.54. The molecule has 1 aliphatic heterocycles. The molecule has 0 aromatic heterocycles. The minimum absolute atomic E-state index is 0.100. The fourth-order valence-electron chi connectivity index (χ4n) is 3.64. The van der Waals surface area contributed by atoms with E-state index >= 15 is 0 Å². The summed E-state index contributed by atoms with van der Waals surface area (Å²) in [5.41, 5.74) is 0.891. The number of piperidine rings is 1. The monoisotopic (exact) mass is 379 g/mol. The highest BCUT2D eigenvalue weighted by Gasteiger charge is 2.35. The average molecular weight is 380 g/mol. The van der Waals surface area contributed by atoms with Crippen LogP contribution < -0.4 is 20.1 Å². The third-order valence-electron chi connectivity index (χ3n) is 5.19. The lowest BCUT2D eigenvalue weighted by Gasteiger charge is -2.42. The fraction of sp³-hybridized carbons (Fsp3) is 0.650. The van der Waals surface area contributed by atoms with Crippen molar-refractivity contribution in [3.05, 3.63) is 23.8 Å². The maximum Gasteiger partial charge on any atom is 0.315 e. The van der Waals surface area contributed by atoms with Crippen molar-refractivity contribution in [1.29, 1.82) is 0 Å². The Hall–Kier alpha value is -1.99. The van der Waals surface area contributed by atoms with Gasteiger partial charge in [-0.15, -0.1) is 0 Å². The molecule has 7 nitrogen and oxygen atoms in total. The molecule has 2 amide bonds. The predicted molar refractivity (Wildman–Crippen MR) is 105 cm³/mol. The summed E-state index contributed by atoms with van der Waals surface area (Å²) in [5, 5.41) is 6.03. The largest absolute Gasteiger partial charge is 0.493 e. The number of benzene rings is 1. The maximum atomic E-state index is 12.1. The van der Waals surface area contributed by atoms with E-state index in [4.69, 9.17) is 14.2 Å². The third kappa shape index (κ3) is 5.74. The van der Waals surface area contributed by atoms with Gasteiger partial charge in [0.15, 0.2) is 11.5 Å². The van der Waals surface area contributed by atoms with Crippen LogP contribution in [0.2, 0.25) is 0 Å². The second-order valence-electron chi connectivity index (χ2n) is 6.94. The zero-order valence-electron chi connectivity index (χ0n) is 17.0. The summed E-state index contributed by atoms with van der Waals surface area (Å²) in [6.45, 7) is 5.77. The summed E-state index contributed by atoms with van der Waals surface area (Å²) < 4.78 is 16.2. The molecular weight excluding hydrogens is 346 g/mol. The zero-order valence-corrected chi connectivity index (χ0v) is 17.0. The van der Waals surface area contributed by atoms with Gasteiger partial charge in [-0.1, -0.05) is 12.1 Å². The minimum atomic E-state index is -0.218. The van der Waals surface area contributed by atoms with E-state index in [0.717, 1.165) is 56.0 Å². The maximum absolute atomic E-state index is 12.1.